The number of esters is 2. The molecule has 9 heteroatoms. The van der Waals surface area contributed by atoms with Crippen molar-refractivity contribution < 1.29 is 38.0 Å². The molecule has 0 aromatic carbocycles. The highest BCUT2D eigenvalue weighted by atomic mass is 16.8. The Morgan fingerprint density at radius 3 is 2.69 bits per heavy atom. The lowest BCUT2D eigenvalue weighted by Crippen LogP contribution is -2.69. The minimum atomic E-state index is -0.675. The number of pyridine rings is 1. The number of carbonyl (C=O) groups excluding carboxylic acids is 2. The topological polar surface area (TPSA) is 106 Å². The monoisotopic (exact) mass is 543 g/mol. The number of hydrogen-bond acceptors (Lipinski definition) is 9. The van der Waals surface area contributed by atoms with Gasteiger partial charge in [-0.2, -0.15) is 0 Å². The van der Waals surface area contributed by atoms with Gasteiger partial charge in [0.05, 0.1) is 23.7 Å². The third-order valence-electron chi connectivity index (χ3n) is 10.7. The second kappa shape index (κ2) is 10.1. The molecule has 10 atom stereocenters. The molecule has 1 spiro atoms. The van der Waals surface area contributed by atoms with Gasteiger partial charge in [-0.15, -0.1) is 0 Å². The van der Waals surface area contributed by atoms with Crippen molar-refractivity contribution >= 4 is 11.9 Å². The Hall–Kier alpha value is -2.07. The summed E-state index contributed by atoms with van der Waals surface area (Å²) >= 11 is 0. The summed E-state index contributed by atoms with van der Waals surface area (Å²) in [5.41, 5.74) is -1.01. The zero-order valence-corrected chi connectivity index (χ0v) is 23.4. The molecule has 6 rings (SSSR count). The van der Waals surface area contributed by atoms with E-state index in [1.807, 2.05) is 6.92 Å². The molecule has 3 aliphatic heterocycles. The van der Waals surface area contributed by atoms with Crippen LogP contribution in [0.2, 0.25) is 0 Å². The highest BCUT2D eigenvalue weighted by Crippen LogP contribution is 2.70. The Balaban J connectivity index is 1.35. The van der Waals surface area contributed by atoms with Crippen molar-refractivity contribution in [2.45, 2.75) is 96.6 Å². The van der Waals surface area contributed by atoms with E-state index in [1.54, 1.807) is 18.3 Å². The fourth-order valence-electron chi connectivity index (χ4n) is 8.55. The van der Waals surface area contributed by atoms with Crippen LogP contribution in [0.4, 0.5) is 0 Å². The maximum atomic E-state index is 13.4. The smallest absolute Gasteiger partial charge is 0.339 e. The van der Waals surface area contributed by atoms with Crippen LogP contribution in [0.25, 0.3) is 0 Å². The van der Waals surface area contributed by atoms with E-state index in [0.717, 1.165) is 32.1 Å². The van der Waals surface area contributed by atoms with Gasteiger partial charge in [0.15, 0.2) is 12.6 Å². The van der Waals surface area contributed by atoms with Gasteiger partial charge < -0.3 is 28.4 Å². The zero-order valence-electron chi connectivity index (χ0n) is 23.4. The average Bonchev–Trinajstić information content (AvgIpc) is 3.42. The highest BCUT2D eigenvalue weighted by Gasteiger charge is 2.76. The van der Waals surface area contributed by atoms with Gasteiger partial charge in [-0.25, -0.2) is 4.79 Å². The van der Waals surface area contributed by atoms with Gasteiger partial charge in [-0.1, -0.05) is 20.3 Å². The summed E-state index contributed by atoms with van der Waals surface area (Å²) in [4.78, 5) is 29.7. The average molecular weight is 544 g/mol. The molecule has 2 aliphatic carbocycles. The third-order valence-corrected chi connectivity index (χ3v) is 10.7. The molecule has 5 fully saturated rings. The first kappa shape index (κ1) is 27.1. The molecule has 0 N–H and O–H groups in total. The minimum absolute atomic E-state index is 0.0318. The summed E-state index contributed by atoms with van der Waals surface area (Å²) in [6.45, 7) is 9.34. The van der Waals surface area contributed by atoms with E-state index in [2.05, 4.69) is 18.8 Å². The van der Waals surface area contributed by atoms with Crippen LogP contribution >= 0.6 is 0 Å². The van der Waals surface area contributed by atoms with E-state index in [1.165, 1.54) is 13.1 Å². The Labute approximate surface area is 230 Å². The summed E-state index contributed by atoms with van der Waals surface area (Å²) < 4.78 is 37.1. The molecule has 0 bridgehead atoms. The standard InChI is InChI=1S/C30H41NO8/c1-5-34-25-14-21-13-23(38-27(21)39-25)28(4)18(2)12-24(37-26(33)20-8-7-11-31-15-20)30(17-35-19(3)32)22(28)9-6-10-29(30)16-36-29/h7-8,11,15,18,21-25,27H,5-6,9-10,12-14,16-17H2,1-4H3/t18-,21+,22-,23+,24+,25-,27-,28+,29+,30+/m1/s1. The molecule has 214 valence electrons. The Kier molecular flexibility index (Phi) is 7.01. The predicted octanol–water partition coefficient (Wildman–Crippen LogP) is 4.29. The van der Waals surface area contributed by atoms with Gasteiger partial charge in [0, 0.05) is 43.7 Å². The van der Waals surface area contributed by atoms with E-state index in [-0.39, 0.29) is 54.4 Å². The number of rotatable bonds is 7. The maximum Gasteiger partial charge on any atom is 0.339 e. The first-order valence-corrected chi connectivity index (χ1v) is 14.5. The van der Waals surface area contributed by atoms with Crippen molar-refractivity contribution in [2.75, 3.05) is 19.8 Å². The Bertz CT molecular complexity index is 1060. The molecule has 2 saturated carbocycles. The fraction of sp³-hybridized carbons (Fsp3) is 0.767. The van der Waals surface area contributed by atoms with E-state index < -0.39 is 23.1 Å². The summed E-state index contributed by atoms with van der Waals surface area (Å²) in [6, 6.07) is 3.44. The molecule has 0 radical (unpaired) electrons. The quantitative estimate of drug-likeness (QED) is 0.368. The maximum absolute atomic E-state index is 13.4. The first-order chi connectivity index (χ1) is 18.7. The van der Waals surface area contributed by atoms with Crippen LogP contribution in [0, 0.1) is 28.6 Å². The minimum Gasteiger partial charge on any atom is -0.465 e. The number of ether oxygens (including phenoxy) is 6. The summed E-state index contributed by atoms with van der Waals surface area (Å²) in [5.74, 6) is -0.227. The summed E-state index contributed by atoms with van der Waals surface area (Å²) in [7, 11) is 0. The van der Waals surface area contributed by atoms with Gasteiger partial charge in [-0.3, -0.25) is 9.78 Å². The molecule has 9 nitrogen and oxygen atoms in total. The second-order valence-corrected chi connectivity index (χ2v) is 12.4. The fourth-order valence-corrected chi connectivity index (χ4v) is 8.55. The van der Waals surface area contributed by atoms with E-state index in [9.17, 15) is 9.59 Å². The van der Waals surface area contributed by atoms with Crippen LogP contribution in [0.15, 0.2) is 24.5 Å². The number of carbonyl (C=O) groups is 2. The summed E-state index contributed by atoms with van der Waals surface area (Å²) in [5, 5.41) is 0. The number of epoxide rings is 1. The van der Waals surface area contributed by atoms with Crippen molar-refractivity contribution in [2.24, 2.45) is 28.6 Å². The molecule has 1 aromatic rings. The molecule has 39 heavy (non-hydrogen) atoms. The highest BCUT2D eigenvalue weighted by molar-refractivity contribution is 5.89. The molecule has 0 amide bonds. The van der Waals surface area contributed by atoms with Gasteiger partial charge >= 0.3 is 11.9 Å². The van der Waals surface area contributed by atoms with Crippen LogP contribution < -0.4 is 0 Å². The van der Waals surface area contributed by atoms with Gasteiger partial charge in [0.25, 0.3) is 0 Å². The number of aromatic nitrogens is 1. The third kappa shape index (κ3) is 4.31. The van der Waals surface area contributed by atoms with Gasteiger partial charge in [0.2, 0.25) is 0 Å². The van der Waals surface area contributed by atoms with Crippen molar-refractivity contribution in [1.82, 2.24) is 4.98 Å². The van der Waals surface area contributed by atoms with Crippen molar-refractivity contribution in [3.63, 3.8) is 0 Å². The van der Waals surface area contributed by atoms with Crippen molar-refractivity contribution in [3.8, 4) is 0 Å². The Morgan fingerprint density at radius 2 is 2.03 bits per heavy atom. The largest absolute Gasteiger partial charge is 0.465 e. The SMILES string of the molecule is CCO[C@H]1C[C@@H]2C[C@@H]([C@@]3(C)[C@H](C)C[C@H](OC(=O)c4cccnc4)[C@]4(COC(C)=O)[C@@H]3CCC[C@]43CO3)O[C@@H]2O1. The van der Waals surface area contributed by atoms with Crippen LogP contribution in [-0.2, 0) is 33.2 Å². The number of nitrogens with zero attached hydrogens (tertiary/aromatic N) is 1. The lowest BCUT2D eigenvalue weighted by atomic mass is 9.42. The van der Waals surface area contributed by atoms with Gasteiger partial charge in [-0.05, 0) is 56.6 Å². The molecule has 1 aromatic heterocycles. The molecule has 0 unspecified atom stereocenters. The van der Waals surface area contributed by atoms with Gasteiger partial charge in [0.1, 0.15) is 18.3 Å². The lowest BCUT2D eigenvalue weighted by Gasteiger charge is -2.64. The van der Waals surface area contributed by atoms with Crippen molar-refractivity contribution in [3.05, 3.63) is 30.1 Å². The van der Waals surface area contributed by atoms with Crippen LogP contribution in [-0.4, -0.2) is 67.1 Å². The Morgan fingerprint density at radius 1 is 1.21 bits per heavy atom. The van der Waals surface area contributed by atoms with Crippen LogP contribution in [0.5, 0.6) is 0 Å². The first-order valence-electron chi connectivity index (χ1n) is 14.5. The molecular weight excluding hydrogens is 502 g/mol. The van der Waals surface area contributed by atoms with Crippen molar-refractivity contribution in [1.29, 1.82) is 0 Å². The molecular formula is C30H41NO8. The van der Waals surface area contributed by atoms with Crippen LogP contribution in [0.1, 0.15) is 76.6 Å². The molecule has 4 heterocycles. The second-order valence-electron chi connectivity index (χ2n) is 12.4. The summed E-state index contributed by atoms with van der Waals surface area (Å²) in [6.07, 6.45) is 7.31. The van der Waals surface area contributed by atoms with E-state index in [4.69, 9.17) is 28.4 Å². The zero-order chi connectivity index (χ0) is 27.4. The number of hydrogen-bond donors (Lipinski definition) is 0. The lowest BCUT2D eigenvalue weighted by molar-refractivity contribution is -0.263. The van der Waals surface area contributed by atoms with E-state index >= 15 is 0 Å². The molecule has 3 saturated heterocycles. The molecule has 5 aliphatic rings. The number of fused-ring (bicyclic) bond motifs is 3. The van der Waals surface area contributed by atoms with E-state index in [0.29, 0.717) is 25.2 Å². The van der Waals surface area contributed by atoms with Crippen LogP contribution in [0.3, 0.4) is 0 Å². The predicted molar refractivity (Wildman–Crippen MR) is 138 cm³/mol. The normalized spacial score (nSPS) is 44.5.